The van der Waals surface area contributed by atoms with Crippen molar-refractivity contribution in [3.8, 4) is 0 Å². The van der Waals surface area contributed by atoms with Crippen LogP contribution in [0, 0.1) is 0 Å². The maximum absolute atomic E-state index is 12.4. The number of benzene rings is 2. The van der Waals surface area contributed by atoms with Crippen molar-refractivity contribution in [3.63, 3.8) is 0 Å². The largest absolute Gasteiger partial charge is 0.320 e. The van der Waals surface area contributed by atoms with Gasteiger partial charge in [0.1, 0.15) is 0 Å². The molecule has 0 radical (unpaired) electrons. The fraction of sp³-hybridized carbons (Fsp3) is 0.176. The summed E-state index contributed by atoms with van der Waals surface area (Å²) in [5.74, 6) is -0.258. The summed E-state index contributed by atoms with van der Waals surface area (Å²) < 4.78 is 0. The molecule has 2 aromatic carbocycles. The number of carbonyl (C=O) groups excluding carboxylic acids is 2. The molecule has 0 aromatic heterocycles. The number of rotatable bonds is 3. The number of anilines is 2. The van der Waals surface area contributed by atoms with E-state index in [-0.39, 0.29) is 11.8 Å². The fourth-order valence-corrected chi connectivity index (χ4v) is 3.12. The highest BCUT2D eigenvalue weighted by Gasteiger charge is 2.24. The Morgan fingerprint density at radius 1 is 1.09 bits per heavy atom. The Balaban J connectivity index is 1.88. The number of nitrogens with zero attached hydrogens (tertiary/aromatic N) is 1. The number of amides is 2. The van der Waals surface area contributed by atoms with Crippen LogP contribution < -0.4 is 10.2 Å². The summed E-state index contributed by atoms with van der Waals surface area (Å²) in [5.41, 5.74) is 1.66. The molecule has 1 heterocycles. The quantitative estimate of drug-likeness (QED) is 0.894. The molecule has 1 N–H and O–H groups in total. The van der Waals surface area contributed by atoms with E-state index >= 15 is 0 Å². The Hall–Kier alpha value is -2.04. The van der Waals surface area contributed by atoms with Crippen molar-refractivity contribution in [2.75, 3.05) is 16.8 Å². The van der Waals surface area contributed by atoms with Crippen LogP contribution in [0.2, 0.25) is 10.0 Å². The minimum atomic E-state index is -0.325. The van der Waals surface area contributed by atoms with E-state index in [9.17, 15) is 9.59 Å². The Morgan fingerprint density at radius 2 is 1.78 bits per heavy atom. The highest BCUT2D eigenvalue weighted by atomic mass is 35.5. The second-order valence-corrected chi connectivity index (χ2v) is 6.15. The van der Waals surface area contributed by atoms with Gasteiger partial charge in [0.25, 0.3) is 5.91 Å². The standard InChI is InChI=1S/C17H14Cl2N2O2/c18-12-8-11(9-13(19)10-12)17(23)20-14-4-1-2-5-15(14)21-7-3-6-16(21)22/h1-2,4-5,8-10H,3,6-7H2,(H,20,23). The van der Waals surface area contributed by atoms with Crippen LogP contribution in [0.15, 0.2) is 42.5 Å². The van der Waals surface area contributed by atoms with Gasteiger partial charge in [-0.05, 0) is 36.8 Å². The van der Waals surface area contributed by atoms with Crippen LogP contribution in [-0.4, -0.2) is 18.4 Å². The summed E-state index contributed by atoms with van der Waals surface area (Å²) in [7, 11) is 0. The summed E-state index contributed by atoms with van der Waals surface area (Å²) in [6.45, 7) is 0.661. The van der Waals surface area contributed by atoms with Crippen LogP contribution in [0.3, 0.4) is 0 Å². The monoisotopic (exact) mass is 348 g/mol. The first-order valence-electron chi connectivity index (χ1n) is 7.21. The Kier molecular flexibility index (Phi) is 4.55. The molecule has 1 aliphatic rings. The Labute approximate surface area is 144 Å². The fourth-order valence-electron chi connectivity index (χ4n) is 2.60. The lowest BCUT2D eigenvalue weighted by molar-refractivity contribution is -0.117. The number of halogens is 2. The number of nitrogens with one attached hydrogen (secondary N) is 1. The summed E-state index contributed by atoms with van der Waals surface area (Å²) >= 11 is 11.9. The first-order valence-corrected chi connectivity index (χ1v) is 7.97. The molecule has 2 aromatic rings. The van der Waals surface area contributed by atoms with Crippen molar-refractivity contribution >= 4 is 46.4 Å². The highest BCUT2D eigenvalue weighted by Crippen LogP contribution is 2.30. The first-order chi connectivity index (χ1) is 11.0. The smallest absolute Gasteiger partial charge is 0.255 e. The predicted molar refractivity (Wildman–Crippen MR) is 92.4 cm³/mol. The molecule has 1 aliphatic heterocycles. The van der Waals surface area contributed by atoms with E-state index in [0.29, 0.717) is 39.9 Å². The maximum Gasteiger partial charge on any atom is 0.255 e. The third-order valence-corrected chi connectivity index (χ3v) is 4.08. The molecule has 4 nitrogen and oxygen atoms in total. The molecule has 3 rings (SSSR count). The van der Waals surface area contributed by atoms with E-state index in [1.54, 1.807) is 29.2 Å². The third kappa shape index (κ3) is 3.49. The average Bonchev–Trinajstić information content (AvgIpc) is 2.93. The van der Waals surface area contributed by atoms with Crippen molar-refractivity contribution < 1.29 is 9.59 Å². The maximum atomic E-state index is 12.4. The normalized spacial score (nSPS) is 14.2. The van der Waals surface area contributed by atoms with Gasteiger partial charge in [0.15, 0.2) is 0 Å². The molecule has 23 heavy (non-hydrogen) atoms. The molecule has 118 valence electrons. The van der Waals surface area contributed by atoms with Crippen LogP contribution in [-0.2, 0) is 4.79 Å². The van der Waals surface area contributed by atoms with Crippen LogP contribution >= 0.6 is 23.2 Å². The second kappa shape index (κ2) is 6.60. The molecular weight excluding hydrogens is 335 g/mol. The summed E-state index contributed by atoms with van der Waals surface area (Å²) in [5, 5.41) is 3.62. The van der Waals surface area contributed by atoms with E-state index in [1.807, 2.05) is 18.2 Å². The minimum absolute atomic E-state index is 0.0671. The summed E-state index contributed by atoms with van der Waals surface area (Å²) in [6, 6.07) is 11.9. The van der Waals surface area contributed by atoms with E-state index in [4.69, 9.17) is 23.2 Å². The van der Waals surface area contributed by atoms with Gasteiger partial charge in [-0.3, -0.25) is 9.59 Å². The molecular formula is C17H14Cl2N2O2. The van der Waals surface area contributed by atoms with E-state index in [0.717, 1.165) is 6.42 Å². The molecule has 1 saturated heterocycles. The lowest BCUT2D eigenvalue weighted by Gasteiger charge is -2.20. The van der Waals surface area contributed by atoms with Gasteiger partial charge in [-0.15, -0.1) is 0 Å². The van der Waals surface area contributed by atoms with Crippen molar-refractivity contribution in [3.05, 3.63) is 58.1 Å². The van der Waals surface area contributed by atoms with Gasteiger partial charge in [-0.25, -0.2) is 0 Å². The van der Waals surface area contributed by atoms with Gasteiger partial charge in [0.2, 0.25) is 5.91 Å². The number of hydrogen-bond donors (Lipinski definition) is 1. The van der Waals surface area contributed by atoms with Crippen LogP contribution in [0.5, 0.6) is 0 Å². The highest BCUT2D eigenvalue weighted by molar-refractivity contribution is 6.35. The van der Waals surface area contributed by atoms with Crippen molar-refractivity contribution in [2.45, 2.75) is 12.8 Å². The van der Waals surface area contributed by atoms with Crippen LogP contribution in [0.1, 0.15) is 23.2 Å². The van der Waals surface area contributed by atoms with Gasteiger partial charge in [0.05, 0.1) is 11.4 Å². The number of carbonyl (C=O) groups is 2. The number of hydrogen-bond acceptors (Lipinski definition) is 2. The molecule has 0 aliphatic carbocycles. The van der Waals surface area contributed by atoms with Crippen molar-refractivity contribution in [2.24, 2.45) is 0 Å². The first kappa shape index (κ1) is 15.8. The molecule has 0 saturated carbocycles. The number of para-hydroxylation sites is 2. The molecule has 0 bridgehead atoms. The molecule has 6 heteroatoms. The van der Waals surface area contributed by atoms with Gasteiger partial charge in [0, 0.05) is 28.6 Å². The van der Waals surface area contributed by atoms with Crippen molar-refractivity contribution in [1.29, 1.82) is 0 Å². The molecule has 2 amide bonds. The van der Waals surface area contributed by atoms with Gasteiger partial charge >= 0.3 is 0 Å². The zero-order valence-electron chi connectivity index (χ0n) is 12.2. The summed E-state index contributed by atoms with van der Waals surface area (Å²) in [6.07, 6.45) is 1.36. The van der Waals surface area contributed by atoms with Crippen LogP contribution in [0.4, 0.5) is 11.4 Å². The minimum Gasteiger partial charge on any atom is -0.320 e. The van der Waals surface area contributed by atoms with Crippen molar-refractivity contribution in [1.82, 2.24) is 0 Å². The molecule has 1 fully saturated rings. The topological polar surface area (TPSA) is 49.4 Å². The van der Waals surface area contributed by atoms with E-state index < -0.39 is 0 Å². The SMILES string of the molecule is O=C(Nc1ccccc1N1CCCC1=O)c1cc(Cl)cc(Cl)c1. The van der Waals surface area contributed by atoms with Gasteiger partial charge < -0.3 is 10.2 Å². The Bertz CT molecular complexity index is 757. The van der Waals surface area contributed by atoms with Gasteiger partial charge in [-0.2, -0.15) is 0 Å². The molecule has 0 unspecified atom stereocenters. The average molecular weight is 349 g/mol. The van der Waals surface area contributed by atoms with E-state index in [1.165, 1.54) is 0 Å². The van der Waals surface area contributed by atoms with E-state index in [2.05, 4.69) is 5.32 Å². The zero-order chi connectivity index (χ0) is 16.4. The van der Waals surface area contributed by atoms with Gasteiger partial charge in [-0.1, -0.05) is 35.3 Å². The molecule has 0 atom stereocenters. The predicted octanol–water partition coefficient (Wildman–Crippen LogP) is 4.37. The lowest BCUT2D eigenvalue weighted by atomic mass is 10.2. The van der Waals surface area contributed by atoms with Crippen LogP contribution in [0.25, 0.3) is 0 Å². The zero-order valence-corrected chi connectivity index (χ0v) is 13.7. The third-order valence-electron chi connectivity index (χ3n) is 3.64. The Morgan fingerprint density at radius 3 is 2.43 bits per heavy atom. The lowest BCUT2D eigenvalue weighted by Crippen LogP contribution is -2.25. The molecule has 0 spiro atoms. The second-order valence-electron chi connectivity index (χ2n) is 5.28. The summed E-state index contributed by atoms with van der Waals surface area (Å²) in [4.78, 5) is 26.1.